The van der Waals surface area contributed by atoms with Gasteiger partial charge in [0.05, 0.1) is 0 Å². The SMILES string of the molecule is CN(C)/C=C/C1=C(C#N)C(=O)NC(C)(C)C1. The zero-order chi connectivity index (χ0) is 12.3. The summed E-state index contributed by atoms with van der Waals surface area (Å²) in [6.07, 6.45) is 4.35. The molecular weight excluding hydrogens is 202 g/mol. The zero-order valence-electron chi connectivity index (χ0n) is 10.2. The molecule has 4 heteroatoms. The van der Waals surface area contributed by atoms with E-state index >= 15 is 0 Å². The van der Waals surface area contributed by atoms with Crippen molar-refractivity contribution in [3.8, 4) is 6.07 Å². The third-order valence-corrected chi connectivity index (χ3v) is 2.32. The molecule has 0 aromatic heterocycles. The molecule has 4 nitrogen and oxygen atoms in total. The van der Waals surface area contributed by atoms with Gasteiger partial charge in [-0.3, -0.25) is 4.79 Å². The van der Waals surface area contributed by atoms with E-state index < -0.39 is 0 Å². The maximum absolute atomic E-state index is 11.7. The number of amides is 1. The fourth-order valence-corrected chi connectivity index (χ4v) is 1.63. The van der Waals surface area contributed by atoms with Crippen LogP contribution in [-0.2, 0) is 4.79 Å². The van der Waals surface area contributed by atoms with Gasteiger partial charge in [0.1, 0.15) is 11.6 Å². The number of nitrogens with one attached hydrogen (secondary N) is 1. The number of carbonyl (C=O) groups is 1. The smallest absolute Gasteiger partial charge is 0.262 e. The van der Waals surface area contributed by atoms with E-state index in [1.54, 1.807) is 0 Å². The molecule has 0 saturated carbocycles. The minimum absolute atomic E-state index is 0.220. The van der Waals surface area contributed by atoms with Crippen LogP contribution in [0.15, 0.2) is 23.4 Å². The maximum Gasteiger partial charge on any atom is 0.262 e. The topological polar surface area (TPSA) is 56.1 Å². The summed E-state index contributed by atoms with van der Waals surface area (Å²) in [4.78, 5) is 13.5. The van der Waals surface area contributed by atoms with Crippen LogP contribution in [-0.4, -0.2) is 30.4 Å². The minimum atomic E-state index is -0.288. The Balaban J connectivity index is 3.09. The van der Waals surface area contributed by atoms with Crippen molar-refractivity contribution < 1.29 is 4.79 Å². The van der Waals surface area contributed by atoms with E-state index in [-0.39, 0.29) is 17.0 Å². The molecule has 0 saturated heterocycles. The van der Waals surface area contributed by atoms with Crippen LogP contribution < -0.4 is 5.32 Å². The van der Waals surface area contributed by atoms with Crippen molar-refractivity contribution in [2.75, 3.05) is 14.1 Å². The summed E-state index contributed by atoms with van der Waals surface area (Å²) in [5.74, 6) is -0.280. The lowest BCUT2D eigenvalue weighted by Gasteiger charge is -2.31. The first-order valence-electron chi connectivity index (χ1n) is 5.16. The Bertz CT molecular complexity index is 397. The van der Waals surface area contributed by atoms with E-state index in [2.05, 4.69) is 5.32 Å². The van der Waals surface area contributed by atoms with Crippen molar-refractivity contribution in [3.63, 3.8) is 0 Å². The molecule has 0 aliphatic carbocycles. The highest BCUT2D eigenvalue weighted by molar-refractivity contribution is 6.00. The second kappa shape index (κ2) is 4.40. The van der Waals surface area contributed by atoms with Gasteiger partial charge in [-0.2, -0.15) is 5.26 Å². The summed E-state index contributed by atoms with van der Waals surface area (Å²) < 4.78 is 0. The molecule has 0 aromatic carbocycles. The number of nitrogens with zero attached hydrogens (tertiary/aromatic N) is 2. The third-order valence-electron chi connectivity index (χ3n) is 2.32. The molecule has 1 heterocycles. The Kier molecular flexibility index (Phi) is 3.38. The van der Waals surface area contributed by atoms with Crippen LogP contribution in [0.3, 0.4) is 0 Å². The van der Waals surface area contributed by atoms with Gasteiger partial charge in [-0.1, -0.05) is 0 Å². The molecule has 1 rings (SSSR count). The molecule has 16 heavy (non-hydrogen) atoms. The first kappa shape index (κ1) is 12.3. The molecule has 1 N–H and O–H groups in total. The third kappa shape index (κ3) is 2.86. The average molecular weight is 219 g/mol. The predicted octanol–water partition coefficient (Wildman–Crippen LogP) is 1.18. The van der Waals surface area contributed by atoms with Gasteiger partial charge in [0, 0.05) is 19.6 Å². The lowest BCUT2D eigenvalue weighted by molar-refractivity contribution is -0.119. The molecule has 0 unspecified atom stereocenters. The number of carbonyl (C=O) groups excluding carboxylic acids is 1. The second-order valence-corrected chi connectivity index (χ2v) is 4.81. The van der Waals surface area contributed by atoms with Gasteiger partial charge in [0.15, 0.2) is 0 Å². The van der Waals surface area contributed by atoms with Gasteiger partial charge in [-0.15, -0.1) is 0 Å². The van der Waals surface area contributed by atoms with Crippen LogP contribution in [0.1, 0.15) is 20.3 Å². The molecular formula is C12H17N3O. The fraction of sp³-hybridized carbons (Fsp3) is 0.500. The van der Waals surface area contributed by atoms with Crippen LogP contribution in [0.4, 0.5) is 0 Å². The first-order valence-corrected chi connectivity index (χ1v) is 5.16. The van der Waals surface area contributed by atoms with Crippen molar-refractivity contribution in [1.82, 2.24) is 10.2 Å². The molecule has 0 radical (unpaired) electrons. The number of rotatable bonds is 2. The van der Waals surface area contributed by atoms with Gasteiger partial charge in [-0.25, -0.2) is 0 Å². The fourth-order valence-electron chi connectivity index (χ4n) is 1.63. The Labute approximate surface area is 96.2 Å². The molecule has 1 aliphatic heterocycles. The predicted molar refractivity (Wildman–Crippen MR) is 62.3 cm³/mol. The highest BCUT2D eigenvalue weighted by Gasteiger charge is 2.30. The van der Waals surface area contributed by atoms with Crippen LogP contribution in [0.2, 0.25) is 0 Å². The summed E-state index contributed by atoms with van der Waals surface area (Å²) >= 11 is 0. The van der Waals surface area contributed by atoms with Crippen molar-refractivity contribution in [3.05, 3.63) is 23.4 Å². The van der Waals surface area contributed by atoms with Crippen molar-refractivity contribution >= 4 is 5.91 Å². The van der Waals surface area contributed by atoms with E-state index in [1.165, 1.54) is 0 Å². The highest BCUT2D eigenvalue weighted by Crippen LogP contribution is 2.25. The second-order valence-electron chi connectivity index (χ2n) is 4.81. The van der Waals surface area contributed by atoms with Gasteiger partial charge in [-0.05, 0) is 38.1 Å². The number of hydrogen-bond acceptors (Lipinski definition) is 3. The molecule has 0 aromatic rings. The molecule has 0 spiro atoms. The minimum Gasteiger partial charge on any atom is -0.383 e. The van der Waals surface area contributed by atoms with Crippen molar-refractivity contribution in [2.24, 2.45) is 0 Å². The van der Waals surface area contributed by atoms with Crippen LogP contribution in [0.25, 0.3) is 0 Å². The average Bonchev–Trinajstić information content (AvgIpc) is 2.12. The van der Waals surface area contributed by atoms with E-state index in [9.17, 15) is 4.79 Å². The first-order chi connectivity index (χ1) is 7.35. The van der Waals surface area contributed by atoms with Crippen LogP contribution >= 0.6 is 0 Å². The maximum atomic E-state index is 11.7. The van der Waals surface area contributed by atoms with Crippen LogP contribution in [0.5, 0.6) is 0 Å². The lowest BCUT2D eigenvalue weighted by Crippen LogP contribution is -2.47. The Morgan fingerprint density at radius 1 is 1.50 bits per heavy atom. The van der Waals surface area contributed by atoms with Gasteiger partial charge < -0.3 is 10.2 Å². The number of nitriles is 1. The Morgan fingerprint density at radius 2 is 2.12 bits per heavy atom. The largest absolute Gasteiger partial charge is 0.383 e. The highest BCUT2D eigenvalue weighted by atomic mass is 16.1. The monoisotopic (exact) mass is 219 g/mol. The summed E-state index contributed by atoms with van der Waals surface area (Å²) in [6.45, 7) is 3.89. The summed E-state index contributed by atoms with van der Waals surface area (Å²) in [7, 11) is 3.80. The van der Waals surface area contributed by atoms with Gasteiger partial charge in [0.2, 0.25) is 0 Å². The van der Waals surface area contributed by atoms with E-state index in [1.807, 2.05) is 51.2 Å². The zero-order valence-corrected chi connectivity index (χ0v) is 10.2. The van der Waals surface area contributed by atoms with Crippen molar-refractivity contribution in [2.45, 2.75) is 25.8 Å². The number of hydrogen-bond donors (Lipinski definition) is 1. The van der Waals surface area contributed by atoms with E-state index in [0.717, 1.165) is 5.57 Å². The van der Waals surface area contributed by atoms with Crippen LogP contribution in [0, 0.1) is 11.3 Å². The standard InChI is InChI=1S/C12H17N3O/c1-12(2)7-9(5-6-15(3)4)10(8-13)11(16)14-12/h5-6H,7H2,1-4H3,(H,14,16)/b6-5+. The normalized spacial score (nSPS) is 19.6. The summed E-state index contributed by atoms with van der Waals surface area (Å²) in [5, 5.41) is 11.8. The van der Waals surface area contributed by atoms with Gasteiger partial charge >= 0.3 is 0 Å². The van der Waals surface area contributed by atoms with Gasteiger partial charge in [0.25, 0.3) is 5.91 Å². The Hall–Kier alpha value is -1.76. The molecule has 86 valence electrons. The molecule has 1 amide bonds. The van der Waals surface area contributed by atoms with Crippen molar-refractivity contribution in [1.29, 1.82) is 5.26 Å². The molecule has 0 fully saturated rings. The summed E-state index contributed by atoms with van der Waals surface area (Å²) in [5.41, 5.74) is 0.728. The Morgan fingerprint density at radius 3 is 2.62 bits per heavy atom. The summed E-state index contributed by atoms with van der Waals surface area (Å²) in [6, 6.07) is 1.96. The molecule has 1 aliphatic rings. The number of allylic oxidation sites excluding steroid dienone is 1. The van der Waals surface area contributed by atoms with E-state index in [0.29, 0.717) is 6.42 Å². The molecule has 0 atom stereocenters. The lowest BCUT2D eigenvalue weighted by atomic mass is 9.87. The van der Waals surface area contributed by atoms with E-state index in [4.69, 9.17) is 5.26 Å². The molecule has 0 bridgehead atoms. The quantitative estimate of drug-likeness (QED) is 0.758.